The molecule has 0 radical (unpaired) electrons. The lowest BCUT2D eigenvalue weighted by molar-refractivity contribution is 0.457. The molecule has 1 heterocycles. The molecule has 0 aliphatic heterocycles. The summed E-state index contributed by atoms with van der Waals surface area (Å²) in [6.45, 7) is 4.02. The number of nitrogens with two attached hydrogens (primary N) is 1. The minimum Gasteiger partial charge on any atom is -0.438 e. The second kappa shape index (κ2) is 7.62. The van der Waals surface area contributed by atoms with E-state index < -0.39 is 0 Å². The highest BCUT2D eigenvalue weighted by Crippen LogP contribution is 2.31. The number of ether oxygens (including phenoxy) is 1. The first-order valence-electron chi connectivity index (χ1n) is 7.94. The summed E-state index contributed by atoms with van der Waals surface area (Å²) in [6, 6.07) is 16.8. The fourth-order valence-corrected chi connectivity index (χ4v) is 3.47. The zero-order valence-corrected chi connectivity index (χ0v) is 16.5. The highest BCUT2D eigenvalue weighted by Gasteiger charge is 2.10. The number of hydrogen-bond donors (Lipinski definition) is 2. The summed E-state index contributed by atoms with van der Waals surface area (Å²) >= 11 is 2.29. The maximum Gasteiger partial charge on any atom is 0.221 e. The topological polar surface area (TPSA) is 84.0 Å². The molecule has 0 fully saturated rings. The molecule has 0 bridgehead atoms. The van der Waals surface area contributed by atoms with Crippen molar-refractivity contribution in [2.45, 2.75) is 13.8 Å². The van der Waals surface area contributed by atoms with Crippen LogP contribution in [0.3, 0.4) is 0 Å². The van der Waals surface area contributed by atoms with Crippen molar-refractivity contribution in [2.24, 2.45) is 0 Å². The number of nitrogen functional groups attached to an aromatic ring is 1. The molecule has 5 nitrogen and oxygen atoms in total. The standard InChI is InChI=1S/C20H17IN4O/c1-12-9-15(21)10-13(2)19(12)26-18-8-7-17(23)20(25-18)24-16-5-3-14(11-22)4-6-16/h3-10H,23H2,1-2H3,(H,24,25). The Morgan fingerprint density at radius 3 is 2.35 bits per heavy atom. The molecule has 0 unspecified atom stereocenters. The van der Waals surface area contributed by atoms with Gasteiger partial charge in [-0.1, -0.05) is 0 Å². The molecule has 2 aromatic carbocycles. The van der Waals surface area contributed by atoms with Gasteiger partial charge in [0, 0.05) is 15.3 Å². The quantitative estimate of drug-likeness (QED) is 0.521. The van der Waals surface area contributed by atoms with Gasteiger partial charge in [-0.25, -0.2) is 0 Å². The predicted octanol–water partition coefficient (Wildman–Crippen LogP) is 5.29. The first-order chi connectivity index (χ1) is 12.5. The van der Waals surface area contributed by atoms with Crippen LogP contribution in [0.1, 0.15) is 16.7 Å². The molecule has 26 heavy (non-hydrogen) atoms. The maximum atomic E-state index is 8.88. The Morgan fingerprint density at radius 2 is 1.73 bits per heavy atom. The van der Waals surface area contributed by atoms with Gasteiger partial charge in [-0.15, -0.1) is 0 Å². The number of rotatable bonds is 4. The monoisotopic (exact) mass is 456 g/mol. The minimum atomic E-state index is 0.461. The lowest BCUT2D eigenvalue weighted by Crippen LogP contribution is -2.01. The average Bonchev–Trinajstić information content (AvgIpc) is 2.61. The number of halogens is 1. The summed E-state index contributed by atoms with van der Waals surface area (Å²) in [7, 11) is 0. The molecule has 0 spiro atoms. The van der Waals surface area contributed by atoms with Gasteiger partial charge in [0.1, 0.15) is 5.75 Å². The van der Waals surface area contributed by atoms with Gasteiger partial charge in [0.05, 0.1) is 17.3 Å². The van der Waals surface area contributed by atoms with E-state index in [4.69, 9.17) is 15.7 Å². The molecule has 6 heteroatoms. The Hall–Kier alpha value is -2.79. The summed E-state index contributed by atoms with van der Waals surface area (Å²) in [4.78, 5) is 4.48. The van der Waals surface area contributed by atoms with Gasteiger partial charge < -0.3 is 15.8 Å². The third kappa shape index (κ3) is 4.06. The number of nitrogens with zero attached hydrogens (tertiary/aromatic N) is 2. The number of anilines is 3. The van der Waals surface area contributed by atoms with Gasteiger partial charge >= 0.3 is 0 Å². The van der Waals surface area contributed by atoms with Crippen molar-refractivity contribution >= 4 is 39.8 Å². The number of nitrogens with one attached hydrogen (secondary N) is 1. The number of nitriles is 1. The van der Waals surface area contributed by atoms with Crippen molar-refractivity contribution in [1.82, 2.24) is 4.98 Å². The van der Waals surface area contributed by atoms with Crippen molar-refractivity contribution in [1.29, 1.82) is 5.26 Å². The van der Waals surface area contributed by atoms with Gasteiger partial charge in [0.15, 0.2) is 5.82 Å². The van der Waals surface area contributed by atoms with Crippen molar-refractivity contribution in [2.75, 3.05) is 11.1 Å². The Balaban J connectivity index is 1.87. The lowest BCUT2D eigenvalue weighted by Gasteiger charge is -2.14. The van der Waals surface area contributed by atoms with Crippen LogP contribution in [-0.4, -0.2) is 4.98 Å². The van der Waals surface area contributed by atoms with Crippen LogP contribution < -0.4 is 15.8 Å². The van der Waals surface area contributed by atoms with Crippen molar-refractivity contribution < 1.29 is 4.74 Å². The SMILES string of the molecule is Cc1cc(I)cc(C)c1Oc1ccc(N)c(Nc2ccc(C#N)cc2)n1. The summed E-state index contributed by atoms with van der Waals surface area (Å²) in [6.07, 6.45) is 0. The van der Waals surface area contributed by atoms with Crippen molar-refractivity contribution in [3.05, 3.63) is 68.8 Å². The predicted molar refractivity (Wildman–Crippen MR) is 112 cm³/mol. The van der Waals surface area contributed by atoms with Crippen LogP contribution in [0.2, 0.25) is 0 Å². The molecule has 130 valence electrons. The molecule has 0 atom stereocenters. The number of benzene rings is 2. The van der Waals surface area contributed by atoms with Crippen LogP contribution >= 0.6 is 22.6 Å². The largest absolute Gasteiger partial charge is 0.438 e. The van der Waals surface area contributed by atoms with E-state index in [1.807, 2.05) is 13.8 Å². The highest BCUT2D eigenvalue weighted by atomic mass is 127. The number of pyridine rings is 1. The van der Waals surface area contributed by atoms with Crippen LogP contribution in [0.15, 0.2) is 48.5 Å². The van der Waals surface area contributed by atoms with Crippen LogP contribution in [0, 0.1) is 28.7 Å². The van der Waals surface area contributed by atoms with Gasteiger partial charge in [-0.3, -0.25) is 0 Å². The molecular formula is C20H17IN4O. The van der Waals surface area contributed by atoms with Gasteiger partial charge in [-0.05, 0) is 90.0 Å². The van der Waals surface area contributed by atoms with Gasteiger partial charge in [0.2, 0.25) is 5.88 Å². The molecule has 0 saturated carbocycles. The molecule has 0 saturated heterocycles. The molecule has 3 aromatic rings. The fourth-order valence-electron chi connectivity index (χ4n) is 2.54. The normalized spacial score (nSPS) is 10.2. The van der Waals surface area contributed by atoms with Crippen LogP contribution in [0.5, 0.6) is 11.6 Å². The van der Waals surface area contributed by atoms with Crippen LogP contribution in [-0.2, 0) is 0 Å². The average molecular weight is 456 g/mol. The van der Waals surface area contributed by atoms with Gasteiger partial charge in [-0.2, -0.15) is 10.2 Å². The second-order valence-corrected chi connectivity index (χ2v) is 7.12. The van der Waals surface area contributed by atoms with Crippen LogP contribution in [0.4, 0.5) is 17.2 Å². The Bertz CT molecular complexity index is 971. The van der Waals surface area contributed by atoms with E-state index >= 15 is 0 Å². The summed E-state index contributed by atoms with van der Waals surface area (Å²) < 4.78 is 7.18. The molecule has 3 rings (SSSR count). The van der Waals surface area contributed by atoms with E-state index in [0.29, 0.717) is 22.9 Å². The molecule has 3 N–H and O–H groups in total. The third-order valence-corrected chi connectivity index (χ3v) is 4.43. The molecular weight excluding hydrogens is 439 g/mol. The number of aryl methyl sites for hydroxylation is 2. The van der Waals surface area contributed by atoms with E-state index in [9.17, 15) is 0 Å². The van der Waals surface area contributed by atoms with E-state index in [0.717, 1.165) is 22.6 Å². The summed E-state index contributed by atoms with van der Waals surface area (Å²) in [5.41, 5.74) is 10.0. The highest BCUT2D eigenvalue weighted by molar-refractivity contribution is 14.1. The Kier molecular flexibility index (Phi) is 5.28. The fraction of sp³-hybridized carbons (Fsp3) is 0.100. The minimum absolute atomic E-state index is 0.461. The summed E-state index contributed by atoms with van der Waals surface area (Å²) in [5, 5.41) is 12.0. The Labute approximate surface area is 166 Å². The zero-order valence-electron chi connectivity index (χ0n) is 14.4. The van der Waals surface area contributed by atoms with E-state index in [-0.39, 0.29) is 0 Å². The van der Waals surface area contributed by atoms with Crippen molar-refractivity contribution in [3.8, 4) is 17.7 Å². The van der Waals surface area contributed by atoms with Crippen molar-refractivity contribution in [3.63, 3.8) is 0 Å². The first kappa shape index (κ1) is 18.0. The molecule has 0 aliphatic carbocycles. The maximum absolute atomic E-state index is 8.88. The number of aromatic nitrogens is 1. The third-order valence-electron chi connectivity index (χ3n) is 3.81. The first-order valence-corrected chi connectivity index (χ1v) is 9.02. The Morgan fingerprint density at radius 1 is 1.08 bits per heavy atom. The van der Waals surface area contributed by atoms with Gasteiger partial charge in [0.25, 0.3) is 0 Å². The molecule has 1 aromatic heterocycles. The van der Waals surface area contributed by atoms with E-state index in [1.165, 1.54) is 3.57 Å². The van der Waals surface area contributed by atoms with E-state index in [1.54, 1.807) is 36.4 Å². The zero-order chi connectivity index (χ0) is 18.7. The second-order valence-electron chi connectivity index (χ2n) is 5.87. The lowest BCUT2D eigenvalue weighted by atomic mass is 10.1. The number of hydrogen-bond acceptors (Lipinski definition) is 5. The molecule has 0 aliphatic rings. The summed E-state index contributed by atoms with van der Waals surface area (Å²) in [5.74, 6) is 1.77. The van der Waals surface area contributed by atoms with Crippen LogP contribution in [0.25, 0.3) is 0 Å². The smallest absolute Gasteiger partial charge is 0.221 e. The van der Waals surface area contributed by atoms with E-state index in [2.05, 4.69) is 51.1 Å². The molecule has 0 amide bonds.